The second-order valence-electron chi connectivity index (χ2n) is 8.50. The molecule has 4 aromatic rings. The molecule has 1 amide bonds. The van der Waals surface area contributed by atoms with Crippen molar-refractivity contribution in [1.82, 2.24) is 15.2 Å². The summed E-state index contributed by atoms with van der Waals surface area (Å²) in [5, 5.41) is 4.06. The van der Waals surface area contributed by atoms with Gasteiger partial charge in [0.15, 0.2) is 11.4 Å². The molecule has 2 aromatic carbocycles. The third-order valence-electron chi connectivity index (χ3n) is 6.23. The van der Waals surface area contributed by atoms with E-state index >= 15 is 0 Å². The van der Waals surface area contributed by atoms with E-state index in [9.17, 15) is 9.18 Å². The van der Waals surface area contributed by atoms with Gasteiger partial charge in [-0.2, -0.15) is 0 Å². The first-order valence-corrected chi connectivity index (χ1v) is 12.2. The SMILES string of the molecule is CC(Oc1c(N)ncc2c(-c3ccc(C(=O)N4CCNCC4)cc3)coc12)c1c(Cl)ccc(F)c1Cl. The molecule has 36 heavy (non-hydrogen) atoms. The van der Waals surface area contributed by atoms with E-state index in [0.717, 1.165) is 24.2 Å². The largest absolute Gasteiger partial charge is 0.478 e. The highest BCUT2D eigenvalue weighted by atomic mass is 35.5. The number of aromatic nitrogens is 1. The topological polar surface area (TPSA) is 93.6 Å². The van der Waals surface area contributed by atoms with Gasteiger partial charge in [-0.15, -0.1) is 0 Å². The molecule has 5 rings (SSSR count). The van der Waals surface area contributed by atoms with Crippen molar-refractivity contribution in [3.63, 3.8) is 0 Å². The van der Waals surface area contributed by atoms with E-state index in [1.165, 1.54) is 12.1 Å². The Bertz CT molecular complexity index is 1440. The Kier molecular flexibility index (Phi) is 6.75. The van der Waals surface area contributed by atoms with Gasteiger partial charge in [0.25, 0.3) is 5.91 Å². The summed E-state index contributed by atoms with van der Waals surface area (Å²) in [5.41, 5.74) is 9.01. The number of hydrogen-bond donors (Lipinski definition) is 2. The number of furan rings is 1. The molecule has 0 bridgehead atoms. The number of nitrogens with zero attached hydrogens (tertiary/aromatic N) is 2. The zero-order chi connectivity index (χ0) is 25.4. The van der Waals surface area contributed by atoms with Crippen molar-refractivity contribution in [2.45, 2.75) is 13.0 Å². The number of carbonyl (C=O) groups is 1. The first kappa shape index (κ1) is 24.4. The van der Waals surface area contributed by atoms with Crippen molar-refractivity contribution in [2.24, 2.45) is 0 Å². The summed E-state index contributed by atoms with van der Waals surface area (Å²) in [5.74, 6) is -0.284. The summed E-state index contributed by atoms with van der Waals surface area (Å²) < 4.78 is 25.9. The number of benzene rings is 2. The average Bonchev–Trinajstić information content (AvgIpc) is 3.33. The number of pyridine rings is 1. The predicted octanol–water partition coefficient (Wildman–Crippen LogP) is 5.71. The monoisotopic (exact) mass is 528 g/mol. The Morgan fingerprint density at radius 1 is 1.19 bits per heavy atom. The molecule has 0 radical (unpaired) electrons. The van der Waals surface area contributed by atoms with Crippen LogP contribution in [-0.4, -0.2) is 42.0 Å². The summed E-state index contributed by atoms with van der Waals surface area (Å²) in [7, 11) is 0. The van der Waals surface area contributed by atoms with E-state index in [4.69, 9.17) is 38.1 Å². The maximum atomic E-state index is 14.0. The number of rotatable bonds is 5. The van der Waals surface area contributed by atoms with Crippen LogP contribution in [0.1, 0.15) is 28.9 Å². The predicted molar refractivity (Wildman–Crippen MR) is 138 cm³/mol. The van der Waals surface area contributed by atoms with Gasteiger partial charge in [-0.3, -0.25) is 4.79 Å². The lowest BCUT2D eigenvalue weighted by Gasteiger charge is -2.27. The van der Waals surface area contributed by atoms with Crippen molar-refractivity contribution < 1.29 is 18.3 Å². The Balaban J connectivity index is 1.45. The third kappa shape index (κ3) is 4.48. The molecule has 1 aliphatic heterocycles. The van der Waals surface area contributed by atoms with E-state index in [-0.39, 0.29) is 27.5 Å². The van der Waals surface area contributed by atoms with Crippen LogP contribution in [-0.2, 0) is 0 Å². The fourth-order valence-corrected chi connectivity index (χ4v) is 4.99. The smallest absolute Gasteiger partial charge is 0.253 e. The number of nitrogen functional groups attached to an aromatic ring is 1. The van der Waals surface area contributed by atoms with Gasteiger partial charge in [0.2, 0.25) is 5.75 Å². The molecular weight excluding hydrogens is 506 g/mol. The van der Waals surface area contributed by atoms with Crippen molar-refractivity contribution in [1.29, 1.82) is 0 Å². The molecule has 1 fully saturated rings. The van der Waals surface area contributed by atoms with Gasteiger partial charge < -0.3 is 25.1 Å². The molecule has 1 atom stereocenters. The minimum absolute atomic E-state index is 0.00823. The lowest BCUT2D eigenvalue weighted by Crippen LogP contribution is -2.46. The quantitative estimate of drug-likeness (QED) is 0.322. The highest BCUT2D eigenvalue weighted by molar-refractivity contribution is 6.36. The summed E-state index contributed by atoms with van der Waals surface area (Å²) in [6, 6.07) is 9.95. The summed E-state index contributed by atoms with van der Waals surface area (Å²) in [4.78, 5) is 18.9. The van der Waals surface area contributed by atoms with Gasteiger partial charge in [0.1, 0.15) is 11.9 Å². The standard InChI is InChI=1S/C26H23Cl2FN4O3/c1-14(21-19(27)6-7-20(29)22(21)28)36-24-23-17(12-32-25(24)30)18(13-35-23)15-2-4-16(5-3-15)26(34)33-10-8-31-9-11-33/h2-7,12-14,31H,8-11H2,1H3,(H2,30,32). The van der Waals surface area contributed by atoms with Crippen LogP contribution in [0.15, 0.2) is 53.3 Å². The van der Waals surface area contributed by atoms with Crippen molar-refractivity contribution in [2.75, 3.05) is 31.9 Å². The minimum atomic E-state index is -0.737. The van der Waals surface area contributed by atoms with Crippen LogP contribution < -0.4 is 15.8 Å². The molecule has 1 saturated heterocycles. The Morgan fingerprint density at radius 3 is 2.64 bits per heavy atom. The zero-order valence-corrected chi connectivity index (χ0v) is 20.9. The number of fused-ring (bicyclic) bond motifs is 1. The van der Waals surface area contributed by atoms with E-state index in [1.54, 1.807) is 31.5 Å². The molecule has 0 aliphatic carbocycles. The second-order valence-corrected chi connectivity index (χ2v) is 9.29. The van der Waals surface area contributed by atoms with E-state index < -0.39 is 11.9 Å². The average molecular weight is 529 g/mol. The van der Waals surface area contributed by atoms with Crippen molar-refractivity contribution >= 4 is 45.9 Å². The number of hydrogen-bond acceptors (Lipinski definition) is 6. The van der Waals surface area contributed by atoms with E-state index in [1.807, 2.05) is 17.0 Å². The molecule has 0 saturated carbocycles. The number of carbonyl (C=O) groups excluding carboxylic acids is 1. The number of nitrogens with two attached hydrogens (primary N) is 1. The highest BCUT2D eigenvalue weighted by Gasteiger charge is 2.23. The van der Waals surface area contributed by atoms with E-state index in [0.29, 0.717) is 35.2 Å². The fraction of sp³-hybridized carbons (Fsp3) is 0.231. The Hall–Kier alpha value is -3.33. The molecule has 1 unspecified atom stereocenters. The molecule has 1 aliphatic rings. The van der Waals surface area contributed by atoms with Crippen LogP contribution in [0.25, 0.3) is 22.1 Å². The van der Waals surface area contributed by atoms with Crippen LogP contribution in [0.4, 0.5) is 10.2 Å². The lowest BCUT2D eigenvalue weighted by atomic mass is 10.0. The molecular formula is C26H23Cl2FN4O3. The minimum Gasteiger partial charge on any atom is -0.478 e. The van der Waals surface area contributed by atoms with Crippen molar-refractivity contribution in [3.8, 4) is 16.9 Å². The van der Waals surface area contributed by atoms with Crippen molar-refractivity contribution in [3.05, 3.63) is 75.8 Å². The van der Waals surface area contributed by atoms with Gasteiger partial charge in [-0.05, 0) is 36.8 Å². The van der Waals surface area contributed by atoms with Crippen LogP contribution in [0.5, 0.6) is 5.75 Å². The molecule has 186 valence electrons. The lowest BCUT2D eigenvalue weighted by molar-refractivity contribution is 0.0736. The molecule has 3 heterocycles. The first-order chi connectivity index (χ1) is 17.3. The molecule has 2 aromatic heterocycles. The highest BCUT2D eigenvalue weighted by Crippen LogP contribution is 2.41. The molecule has 7 nitrogen and oxygen atoms in total. The third-order valence-corrected chi connectivity index (χ3v) is 6.94. The maximum Gasteiger partial charge on any atom is 0.253 e. The number of halogens is 3. The zero-order valence-electron chi connectivity index (χ0n) is 19.4. The normalized spacial score (nSPS) is 14.7. The van der Waals surface area contributed by atoms with Gasteiger partial charge >= 0.3 is 0 Å². The Morgan fingerprint density at radius 2 is 1.92 bits per heavy atom. The van der Waals surface area contributed by atoms with Gasteiger partial charge in [0.05, 0.1) is 16.7 Å². The first-order valence-electron chi connectivity index (χ1n) is 11.4. The van der Waals surface area contributed by atoms with Gasteiger partial charge in [0, 0.05) is 54.1 Å². The summed E-state index contributed by atoms with van der Waals surface area (Å²) >= 11 is 12.4. The second kappa shape index (κ2) is 9.97. The van der Waals surface area contributed by atoms with Crippen LogP contribution in [0.2, 0.25) is 10.0 Å². The summed E-state index contributed by atoms with van der Waals surface area (Å²) in [6.45, 7) is 4.65. The van der Waals surface area contributed by atoms with Crippen LogP contribution in [0, 0.1) is 5.82 Å². The summed E-state index contributed by atoms with van der Waals surface area (Å²) in [6.07, 6.45) is 2.45. The number of piperazine rings is 1. The van der Waals surface area contributed by atoms with Crippen LogP contribution >= 0.6 is 23.2 Å². The fourth-order valence-electron chi connectivity index (χ4n) is 4.31. The molecule has 10 heteroatoms. The molecule has 0 spiro atoms. The number of nitrogens with one attached hydrogen (secondary N) is 1. The number of anilines is 1. The number of ether oxygens (including phenoxy) is 1. The Labute approximate surface area is 216 Å². The number of amides is 1. The van der Waals surface area contributed by atoms with E-state index in [2.05, 4.69) is 10.3 Å². The maximum absolute atomic E-state index is 14.0. The van der Waals surface area contributed by atoms with Gasteiger partial charge in [-0.1, -0.05) is 35.3 Å². The van der Waals surface area contributed by atoms with Crippen LogP contribution in [0.3, 0.4) is 0 Å². The molecule has 3 N–H and O–H groups in total. The van der Waals surface area contributed by atoms with Gasteiger partial charge in [-0.25, -0.2) is 9.37 Å².